The van der Waals surface area contributed by atoms with Crippen molar-refractivity contribution < 1.29 is 4.79 Å². The van der Waals surface area contributed by atoms with Gasteiger partial charge in [-0.25, -0.2) is 0 Å². The lowest BCUT2D eigenvalue weighted by molar-refractivity contribution is -0.120. The molecule has 0 aromatic carbocycles. The molecule has 13 heavy (non-hydrogen) atoms. The highest BCUT2D eigenvalue weighted by Crippen LogP contribution is 2.30. The molecule has 0 fully saturated rings. The second kappa shape index (κ2) is 4.78. The lowest BCUT2D eigenvalue weighted by Gasteiger charge is -2.27. The standard InChI is InChI=1S/C12H24O/c1-9(11(3)13)7-8-10(2)12(4,5)6/h9-10H,7-8H2,1-6H3. The van der Waals surface area contributed by atoms with E-state index in [9.17, 15) is 4.79 Å². The molecule has 78 valence electrons. The molecule has 0 heterocycles. The molecule has 1 heteroatoms. The van der Waals surface area contributed by atoms with E-state index in [-0.39, 0.29) is 5.92 Å². The van der Waals surface area contributed by atoms with E-state index in [1.807, 2.05) is 6.92 Å². The van der Waals surface area contributed by atoms with Crippen LogP contribution in [0.15, 0.2) is 0 Å². The van der Waals surface area contributed by atoms with E-state index in [1.165, 1.54) is 0 Å². The summed E-state index contributed by atoms with van der Waals surface area (Å²) in [7, 11) is 0. The third kappa shape index (κ3) is 5.07. The van der Waals surface area contributed by atoms with E-state index >= 15 is 0 Å². The van der Waals surface area contributed by atoms with E-state index in [1.54, 1.807) is 6.92 Å². The van der Waals surface area contributed by atoms with Gasteiger partial charge in [-0.2, -0.15) is 0 Å². The SMILES string of the molecule is CC(=O)C(C)CCC(C)C(C)(C)C. The van der Waals surface area contributed by atoms with Crippen LogP contribution in [0.1, 0.15) is 54.4 Å². The van der Waals surface area contributed by atoms with Crippen molar-refractivity contribution in [3.8, 4) is 0 Å². The van der Waals surface area contributed by atoms with Gasteiger partial charge < -0.3 is 0 Å². The molecule has 0 aromatic heterocycles. The molecule has 0 aliphatic carbocycles. The van der Waals surface area contributed by atoms with Crippen molar-refractivity contribution >= 4 is 5.78 Å². The van der Waals surface area contributed by atoms with Crippen LogP contribution in [0.4, 0.5) is 0 Å². The highest BCUT2D eigenvalue weighted by molar-refractivity contribution is 5.77. The van der Waals surface area contributed by atoms with Gasteiger partial charge in [0.1, 0.15) is 5.78 Å². The van der Waals surface area contributed by atoms with Gasteiger partial charge in [-0.05, 0) is 31.1 Å². The van der Waals surface area contributed by atoms with Crippen LogP contribution in [0.5, 0.6) is 0 Å². The molecule has 0 aliphatic heterocycles. The quantitative estimate of drug-likeness (QED) is 0.651. The smallest absolute Gasteiger partial charge is 0.132 e. The van der Waals surface area contributed by atoms with Gasteiger partial charge in [0.2, 0.25) is 0 Å². The van der Waals surface area contributed by atoms with Crippen molar-refractivity contribution in [3.63, 3.8) is 0 Å². The zero-order valence-electron chi connectivity index (χ0n) is 9.98. The van der Waals surface area contributed by atoms with Crippen molar-refractivity contribution in [2.24, 2.45) is 17.3 Å². The van der Waals surface area contributed by atoms with Crippen molar-refractivity contribution in [1.29, 1.82) is 0 Å². The van der Waals surface area contributed by atoms with Crippen molar-refractivity contribution in [2.75, 3.05) is 0 Å². The van der Waals surface area contributed by atoms with Gasteiger partial charge in [0.05, 0.1) is 0 Å². The fraction of sp³-hybridized carbons (Fsp3) is 0.917. The number of rotatable bonds is 4. The topological polar surface area (TPSA) is 17.1 Å². The molecule has 0 bridgehead atoms. The Balaban J connectivity index is 3.83. The molecule has 0 radical (unpaired) electrons. The first-order valence-electron chi connectivity index (χ1n) is 5.25. The molecule has 0 rings (SSSR count). The normalized spacial score (nSPS) is 16.8. The summed E-state index contributed by atoms with van der Waals surface area (Å²) in [5.74, 6) is 1.25. The van der Waals surface area contributed by atoms with Gasteiger partial charge >= 0.3 is 0 Å². The van der Waals surface area contributed by atoms with Crippen molar-refractivity contribution in [1.82, 2.24) is 0 Å². The Morgan fingerprint density at radius 1 is 1.15 bits per heavy atom. The van der Waals surface area contributed by atoms with Crippen LogP contribution in [-0.2, 0) is 4.79 Å². The molecule has 0 N–H and O–H groups in total. The molecule has 0 amide bonds. The monoisotopic (exact) mass is 184 g/mol. The summed E-state index contributed by atoms with van der Waals surface area (Å²) in [6.45, 7) is 12.8. The van der Waals surface area contributed by atoms with Crippen molar-refractivity contribution in [3.05, 3.63) is 0 Å². The van der Waals surface area contributed by atoms with Gasteiger partial charge in [0, 0.05) is 5.92 Å². The first-order chi connectivity index (χ1) is 5.75. The molecule has 0 saturated carbocycles. The number of Topliss-reactive ketones (excluding diaryl/α,β-unsaturated/α-hetero) is 1. The third-order valence-electron chi connectivity index (χ3n) is 3.21. The molecular weight excluding hydrogens is 160 g/mol. The zero-order chi connectivity index (χ0) is 10.6. The van der Waals surface area contributed by atoms with Crippen LogP contribution in [0.2, 0.25) is 0 Å². The zero-order valence-corrected chi connectivity index (χ0v) is 9.98. The van der Waals surface area contributed by atoms with E-state index in [2.05, 4.69) is 27.7 Å². The Morgan fingerprint density at radius 2 is 1.62 bits per heavy atom. The maximum atomic E-state index is 11.0. The largest absolute Gasteiger partial charge is 0.300 e. The number of hydrogen-bond acceptors (Lipinski definition) is 1. The van der Waals surface area contributed by atoms with Gasteiger partial charge in [-0.1, -0.05) is 34.6 Å². The second-order valence-corrected chi connectivity index (χ2v) is 5.36. The molecule has 0 aliphatic rings. The summed E-state index contributed by atoms with van der Waals surface area (Å²) in [6.07, 6.45) is 2.19. The van der Waals surface area contributed by atoms with Crippen LogP contribution < -0.4 is 0 Å². The Hall–Kier alpha value is -0.330. The Kier molecular flexibility index (Phi) is 4.66. The Bertz CT molecular complexity index is 164. The average molecular weight is 184 g/mol. The molecule has 0 spiro atoms. The Morgan fingerprint density at radius 3 is 1.92 bits per heavy atom. The second-order valence-electron chi connectivity index (χ2n) is 5.36. The van der Waals surface area contributed by atoms with Gasteiger partial charge in [-0.3, -0.25) is 4.79 Å². The van der Waals surface area contributed by atoms with E-state index in [0.717, 1.165) is 12.8 Å². The highest BCUT2D eigenvalue weighted by atomic mass is 16.1. The van der Waals surface area contributed by atoms with Crippen LogP contribution in [0.3, 0.4) is 0 Å². The minimum atomic E-state index is 0.241. The Labute approximate surface area is 82.9 Å². The molecule has 0 saturated heterocycles. The molecule has 2 atom stereocenters. The van der Waals surface area contributed by atoms with Crippen molar-refractivity contribution in [2.45, 2.75) is 54.4 Å². The van der Waals surface area contributed by atoms with Gasteiger partial charge in [0.15, 0.2) is 0 Å². The summed E-state index contributed by atoms with van der Waals surface area (Å²) in [4.78, 5) is 11.0. The van der Waals surface area contributed by atoms with Gasteiger partial charge in [-0.15, -0.1) is 0 Å². The predicted molar refractivity (Wildman–Crippen MR) is 57.7 cm³/mol. The number of ketones is 1. The fourth-order valence-electron chi connectivity index (χ4n) is 1.14. The predicted octanol–water partition coefficient (Wildman–Crippen LogP) is 3.67. The van der Waals surface area contributed by atoms with Crippen LogP contribution in [-0.4, -0.2) is 5.78 Å². The summed E-state index contributed by atoms with van der Waals surface area (Å²) in [5, 5.41) is 0. The number of carbonyl (C=O) groups is 1. The summed E-state index contributed by atoms with van der Waals surface area (Å²) >= 11 is 0. The molecular formula is C12H24O. The first-order valence-corrected chi connectivity index (χ1v) is 5.25. The van der Waals surface area contributed by atoms with E-state index in [4.69, 9.17) is 0 Å². The van der Waals surface area contributed by atoms with E-state index < -0.39 is 0 Å². The summed E-state index contributed by atoms with van der Waals surface area (Å²) < 4.78 is 0. The summed E-state index contributed by atoms with van der Waals surface area (Å²) in [5.41, 5.74) is 0.372. The van der Waals surface area contributed by atoms with Crippen LogP contribution in [0.25, 0.3) is 0 Å². The maximum absolute atomic E-state index is 11.0. The highest BCUT2D eigenvalue weighted by Gasteiger charge is 2.20. The van der Waals surface area contributed by atoms with E-state index in [0.29, 0.717) is 17.1 Å². The summed E-state index contributed by atoms with van der Waals surface area (Å²) in [6, 6.07) is 0. The third-order valence-corrected chi connectivity index (χ3v) is 3.21. The molecule has 1 nitrogen and oxygen atoms in total. The average Bonchev–Trinajstić information content (AvgIpc) is 1.97. The maximum Gasteiger partial charge on any atom is 0.132 e. The van der Waals surface area contributed by atoms with Crippen LogP contribution in [0, 0.1) is 17.3 Å². The first kappa shape index (κ1) is 12.7. The lowest BCUT2D eigenvalue weighted by Crippen LogP contribution is -2.19. The fourth-order valence-corrected chi connectivity index (χ4v) is 1.14. The molecule has 2 unspecified atom stereocenters. The van der Waals surface area contributed by atoms with Crippen LogP contribution >= 0.6 is 0 Å². The molecule has 0 aromatic rings. The minimum absolute atomic E-state index is 0.241. The lowest BCUT2D eigenvalue weighted by atomic mass is 9.78. The minimum Gasteiger partial charge on any atom is -0.300 e. The number of carbonyl (C=O) groups excluding carboxylic acids is 1. The van der Waals surface area contributed by atoms with Gasteiger partial charge in [0.25, 0.3) is 0 Å². The number of hydrogen-bond donors (Lipinski definition) is 0.